The molecule has 0 aliphatic carbocycles. The standard InChI is InChI=1S/C9H13ClN4O/c1-6-8(10)13-5-14-9(6)12-4-2-3-7(11)15/h5H,2-4H2,1H3,(H2,11,15)(H,12,13,14). The molecule has 0 atom stereocenters. The van der Waals surface area contributed by atoms with Gasteiger partial charge in [-0.2, -0.15) is 0 Å². The second-order valence-corrected chi connectivity index (χ2v) is 3.49. The van der Waals surface area contributed by atoms with E-state index in [0.29, 0.717) is 30.4 Å². The van der Waals surface area contributed by atoms with Crippen LogP contribution in [0.4, 0.5) is 5.82 Å². The summed E-state index contributed by atoms with van der Waals surface area (Å²) in [5.74, 6) is 0.397. The quantitative estimate of drug-likeness (QED) is 0.585. The van der Waals surface area contributed by atoms with Crippen LogP contribution >= 0.6 is 11.6 Å². The Kier molecular flexibility index (Phi) is 4.30. The Morgan fingerprint density at radius 2 is 2.33 bits per heavy atom. The van der Waals surface area contributed by atoms with Crippen LogP contribution in [0.15, 0.2) is 6.33 Å². The highest BCUT2D eigenvalue weighted by atomic mass is 35.5. The van der Waals surface area contributed by atoms with E-state index in [1.54, 1.807) is 0 Å². The number of nitrogens with one attached hydrogen (secondary N) is 1. The van der Waals surface area contributed by atoms with Gasteiger partial charge in [0.25, 0.3) is 0 Å². The van der Waals surface area contributed by atoms with Gasteiger partial charge >= 0.3 is 0 Å². The fraction of sp³-hybridized carbons (Fsp3) is 0.444. The third kappa shape index (κ3) is 3.71. The molecule has 0 spiro atoms. The van der Waals surface area contributed by atoms with Gasteiger partial charge in [-0.3, -0.25) is 4.79 Å². The van der Waals surface area contributed by atoms with Crippen molar-refractivity contribution in [3.05, 3.63) is 17.0 Å². The molecule has 0 radical (unpaired) electrons. The molecule has 0 fully saturated rings. The highest BCUT2D eigenvalue weighted by Crippen LogP contribution is 2.17. The van der Waals surface area contributed by atoms with Crippen LogP contribution < -0.4 is 11.1 Å². The first-order chi connectivity index (χ1) is 7.11. The van der Waals surface area contributed by atoms with Crippen molar-refractivity contribution in [1.82, 2.24) is 9.97 Å². The summed E-state index contributed by atoms with van der Waals surface area (Å²) >= 11 is 5.81. The van der Waals surface area contributed by atoms with Crippen molar-refractivity contribution in [2.45, 2.75) is 19.8 Å². The second kappa shape index (κ2) is 5.50. The molecule has 0 aliphatic rings. The van der Waals surface area contributed by atoms with Crippen molar-refractivity contribution in [3.63, 3.8) is 0 Å². The maximum Gasteiger partial charge on any atom is 0.217 e. The predicted octanol–water partition coefficient (Wildman–Crippen LogP) is 1.12. The van der Waals surface area contributed by atoms with E-state index in [1.807, 2.05) is 6.92 Å². The molecular formula is C9H13ClN4O. The van der Waals surface area contributed by atoms with Crippen molar-refractivity contribution in [3.8, 4) is 0 Å². The number of carbonyl (C=O) groups excluding carboxylic acids is 1. The molecular weight excluding hydrogens is 216 g/mol. The first-order valence-corrected chi connectivity index (χ1v) is 4.98. The van der Waals surface area contributed by atoms with Gasteiger partial charge in [0, 0.05) is 18.5 Å². The minimum atomic E-state index is -0.297. The average Bonchev–Trinajstić information content (AvgIpc) is 2.18. The summed E-state index contributed by atoms with van der Waals surface area (Å²) in [5.41, 5.74) is 5.82. The lowest BCUT2D eigenvalue weighted by Crippen LogP contribution is -2.13. The molecule has 0 unspecified atom stereocenters. The summed E-state index contributed by atoms with van der Waals surface area (Å²) in [5, 5.41) is 3.50. The minimum absolute atomic E-state index is 0.297. The molecule has 15 heavy (non-hydrogen) atoms. The fourth-order valence-electron chi connectivity index (χ4n) is 1.08. The number of hydrogen-bond acceptors (Lipinski definition) is 4. The van der Waals surface area contributed by atoms with Crippen LogP contribution in [-0.2, 0) is 4.79 Å². The SMILES string of the molecule is Cc1c(Cl)ncnc1NCCCC(N)=O. The van der Waals surface area contributed by atoms with E-state index in [0.717, 1.165) is 5.56 Å². The lowest BCUT2D eigenvalue weighted by molar-refractivity contribution is -0.118. The van der Waals surface area contributed by atoms with Gasteiger partial charge in [0.2, 0.25) is 5.91 Å². The van der Waals surface area contributed by atoms with Gasteiger partial charge in [-0.05, 0) is 13.3 Å². The number of aromatic nitrogens is 2. The fourth-order valence-corrected chi connectivity index (χ4v) is 1.21. The van der Waals surface area contributed by atoms with Crippen LogP contribution in [0.5, 0.6) is 0 Å². The Balaban J connectivity index is 2.44. The largest absolute Gasteiger partial charge is 0.370 e. The third-order valence-electron chi connectivity index (χ3n) is 1.91. The highest BCUT2D eigenvalue weighted by molar-refractivity contribution is 6.30. The molecule has 0 aliphatic heterocycles. The van der Waals surface area contributed by atoms with Crippen molar-refractivity contribution in [2.24, 2.45) is 5.73 Å². The normalized spacial score (nSPS) is 10.0. The highest BCUT2D eigenvalue weighted by Gasteiger charge is 2.03. The van der Waals surface area contributed by atoms with Crippen molar-refractivity contribution in [1.29, 1.82) is 0 Å². The van der Waals surface area contributed by atoms with E-state index >= 15 is 0 Å². The lowest BCUT2D eigenvalue weighted by atomic mass is 10.3. The van der Waals surface area contributed by atoms with Crippen LogP contribution in [0, 0.1) is 6.92 Å². The van der Waals surface area contributed by atoms with E-state index in [9.17, 15) is 4.79 Å². The van der Waals surface area contributed by atoms with Gasteiger partial charge in [0.15, 0.2) is 0 Å². The molecule has 1 rings (SSSR count). The summed E-state index contributed by atoms with van der Waals surface area (Å²) < 4.78 is 0. The maximum absolute atomic E-state index is 10.5. The molecule has 0 aromatic carbocycles. The number of halogens is 1. The number of carbonyl (C=O) groups is 1. The van der Waals surface area contributed by atoms with Crippen LogP contribution in [0.1, 0.15) is 18.4 Å². The molecule has 0 bridgehead atoms. The molecule has 6 heteroatoms. The molecule has 1 amide bonds. The van der Waals surface area contributed by atoms with Gasteiger partial charge in [0.05, 0.1) is 0 Å². The molecule has 0 saturated heterocycles. The summed E-state index contributed by atoms with van der Waals surface area (Å²) in [7, 11) is 0. The predicted molar refractivity (Wildman–Crippen MR) is 58.7 cm³/mol. The van der Waals surface area contributed by atoms with Crippen LogP contribution in [-0.4, -0.2) is 22.4 Å². The Morgan fingerprint density at radius 1 is 1.60 bits per heavy atom. The molecule has 0 saturated carbocycles. The van der Waals surface area contributed by atoms with Crippen molar-refractivity contribution in [2.75, 3.05) is 11.9 Å². The molecule has 1 heterocycles. The van der Waals surface area contributed by atoms with Crippen molar-refractivity contribution < 1.29 is 4.79 Å². The summed E-state index contributed by atoms with van der Waals surface area (Å²) in [4.78, 5) is 18.3. The second-order valence-electron chi connectivity index (χ2n) is 3.13. The zero-order valence-electron chi connectivity index (χ0n) is 8.46. The molecule has 1 aromatic heterocycles. The number of anilines is 1. The van der Waals surface area contributed by atoms with E-state index in [1.165, 1.54) is 6.33 Å². The summed E-state index contributed by atoms with van der Waals surface area (Å²) in [6.07, 6.45) is 2.44. The van der Waals surface area contributed by atoms with Crippen LogP contribution in [0.2, 0.25) is 5.15 Å². The minimum Gasteiger partial charge on any atom is -0.370 e. The monoisotopic (exact) mass is 228 g/mol. The van der Waals surface area contributed by atoms with Gasteiger partial charge in [-0.25, -0.2) is 9.97 Å². The molecule has 5 nitrogen and oxygen atoms in total. The van der Waals surface area contributed by atoms with E-state index < -0.39 is 0 Å². The maximum atomic E-state index is 10.5. The van der Waals surface area contributed by atoms with E-state index in [-0.39, 0.29) is 5.91 Å². The third-order valence-corrected chi connectivity index (χ3v) is 2.30. The zero-order valence-corrected chi connectivity index (χ0v) is 9.21. The van der Waals surface area contributed by atoms with Crippen molar-refractivity contribution >= 4 is 23.3 Å². The molecule has 1 aromatic rings. The van der Waals surface area contributed by atoms with Gasteiger partial charge in [0.1, 0.15) is 17.3 Å². The molecule has 82 valence electrons. The van der Waals surface area contributed by atoms with Gasteiger partial charge < -0.3 is 11.1 Å². The number of nitrogens with two attached hydrogens (primary N) is 1. The van der Waals surface area contributed by atoms with E-state index in [2.05, 4.69) is 15.3 Å². The Labute approximate surface area is 93.0 Å². The molecule has 3 N–H and O–H groups in total. The lowest BCUT2D eigenvalue weighted by Gasteiger charge is -2.07. The number of rotatable bonds is 5. The summed E-state index contributed by atoms with van der Waals surface area (Å²) in [6, 6.07) is 0. The average molecular weight is 229 g/mol. The number of primary amides is 1. The first-order valence-electron chi connectivity index (χ1n) is 4.60. The Hall–Kier alpha value is -1.36. The summed E-state index contributed by atoms with van der Waals surface area (Å²) in [6.45, 7) is 2.47. The van der Waals surface area contributed by atoms with Gasteiger partial charge in [-0.15, -0.1) is 0 Å². The zero-order chi connectivity index (χ0) is 11.3. The van der Waals surface area contributed by atoms with Gasteiger partial charge in [-0.1, -0.05) is 11.6 Å². The van der Waals surface area contributed by atoms with Crippen LogP contribution in [0.25, 0.3) is 0 Å². The van der Waals surface area contributed by atoms with Crippen LogP contribution in [0.3, 0.4) is 0 Å². The first kappa shape index (κ1) is 11.7. The topological polar surface area (TPSA) is 80.9 Å². The Morgan fingerprint density at radius 3 is 3.00 bits per heavy atom. The smallest absolute Gasteiger partial charge is 0.217 e. The number of hydrogen-bond donors (Lipinski definition) is 2. The Bertz CT molecular complexity index is 356. The number of nitrogens with zero attached hydrogens (tertiary/aromatic N) is 2. The van der Waals surface area contributed by atoms with E-state index in [4.69, 9.17) is 17.3 Å². The number of amides is 1.